The Hall–Kier alpha value is -1.68. The number of halogens is 1. The summed E-state index contributed by atoms with van der Waals surface area (Å²) in [5.41, 5.74) is 0.789. The summed E-state index contributed by atoms with van der Waals surface area (Å²) in [5.74, 6) is 1.01. The van der Waals surface area contributed by atoms with Crippen LogP contribution in [0.5, 0.6) is 11.5 Å². The van der Waals surface area contributed by atoms with Crippen LogP contribution in [0.3, 0.4) is 0 Å². The zero-order valence-electron chi connectivity index (χ0n) is 12.3. The molecule has 0 aliphatic rings. The van der Waals surface area contributed by atoms with Crippen LogP contribution in [-0.4, -0.2) is 38.1 Å². The Morgan fingerprint density at radius 1 is 1.40 bits per heavy atom. The van der Waals surface area contributed by atoms with Gasteiger partial charge in [0.15, 0.2) is 11.5 Å². The highest BCUT2D eigenvalue weighted by molar-refractivity contribution is 6.32. The van der Waals surface area contributed by atoms with Gasteiger partial charge in [-0.3, -0.25) is 4.79 Å². The number of hydrogen-bond donors (Lipinski definition) is 0. The number of amides is 1. The standard InChI is InChI=1S/C15H20ClNO3/c1-5-17(3)14(18)8-7-11-9-12(16)15(19-4)13(10-11)20-6-2/h7-10H,5-6H2,1-4H3/b8-7+. The Balaban J connectivity index is 3.02. The van der Waals surface area contributed by atoms with Gasteiger partial charge in [-0.15, -0.1) is 0 Å². The van der Waals surface area contributed by atoms with Crippen LogP contribution in [0, 0.1) is 0 Å². The molecule has 1 aromatic carbocycles. The molecule has 0 unspecified atom stereocenters. The number of ether oxygens (including phenoxy) is 2. The fourth-order valence-corrected chi connectivity index (χ4v) is 1.89. The van der Waals surface area contributed by atoms with Crippen LogP contribution < -0.4 is 9.47 Å². The topological polar surface area (TPSA) is 38.8 Å². The van der Waals surface area contributed by atoms with Crippen LogP contribution in [-0.2, 0) is 4.79 Å². The van der Waals surface area contributed by atoms with Gasteiger partial charge < -0.3 is 14.4 Å². The maximum Gasteiger partial charge on any atom is 0.246 e. The Bertz CT molecular complexity index is 500. The maximum atomic E-state index is 11.7. The third kappa shape index (κ3) is 4.17. The predicted octanol–water partition coefficient (Wildman–Crippen LogP) is 3.24. The molecule has 0 fully saturated rings. The van der Waals surface area contributed by atoms with Gasteiger partial charge in [0.1, 0.15) is 0 Å². The minimum atomic E-state index is -0.0580. The lowest BCUT2D eigenvalue weighted by molar-refractivity contribution is -0.124. The number of nitrogens with zero attached hydrogens (tertiary/aromatic N) is 1. The van der Waals surface area contributed by atoms with Crippen molar-refractivity contribution in [3.63, 3.8) is 0 Å². The van der Waals surface area contributed by atoms with Crippen molar-refractivity contribution in [2.75, 3.05) is 27.3 Å². The molecule has 110 valence electrons. The van der Waals surface area contributed by atoms with Crippen LogP contribution in [0.15, 0.2) is 18.2 Å². The van der Waals surface area contributed by atoms with Gasteiger partial charge in [0, 0.05) is 19.7 Å². The van der Waals surface area contributed by atoms with Crippen molar-refractivity contribution in [2.45, 2.75) is 13.8 Å². The van der Waals surface area contributed by atoms with Crippen LogP contribution in [0.25, 0.3) is 6.08 Å². The minimum Gasteiger partial charge on any atom is -0.491 e. The second kappa shape index (κ2) is 7.80. The first-order valence-corrected chi connectivity index (χ1v) is 6.84. The third-order valence-corrected chi connectivity index (χ3v) is 3.09. The summed E-state index contributed by atoms with van der Waals surface area (Å²) in [5, 5.41) is 0.453. The van der Waals surface area contributed by atoms with Crippen LogP contribution in [0.2, 0.25) is 5.02 Å². The average molecular weight is 298 g/mol. The molecule has 0 aromatic heterocycles. The molecule has 0 saturated heterocycles. The van der Waals surface area contributed by atoms with Crippen molar-refractivity contribution >= 4 is 23.6 Å². The van der Waals surface area contributed by atoms with Crippen molar-refractivity contribution in [1.82, 2.24) is 4.90 Å². The highest BCUT2D eigenvalue weighted by Crippen LogP contribution is 2.36. The molecule has 1 amide bonds. The lowest BCUT2D eigenvalue weighted by atomic mass is 10.2. The number of likely N-dealkylation sites (N-methyl/N-ethyl adjacent to an activating group) is 1. The predicted molar refractivity (Wildman–Crippen MR) is 81.5 cm³/mol. The van der Waals surface area contributed by atoms with E-state index in [2.05, 4.69) is 0 Å². The summed E-state index contributed by atoms with van der Waals surface area (Å²) >= 11 is 6.14. The van der Waals surface area contributed by atoms with E-state index in [-0.39, 0.29) is 5.91 Å². The lowest BCUT2D eigenvalue weighted by Crippen LogP contribution is -2.23. The molecular formula is C15H20ClNO3. The van der Waals surface area contributed by atoms with Gasteiger partial charge in [0.2, 0.25) is 5.91 Å². The van der Waals surface area contributed by atoms with Gasteiger partial charge in [-0.25, -0.2) is 0 Å². The fourth-order valence-electron chi connectivity index (χ4n) is 1.60. The van der Waals surface area contributed by atoms with Crippen LogP contribution in [0.1, 0.15) is 19.4 Å². The highest BCUT2D eigenvalue weighted by atomic mass is 35.5. The van der Waals surface area contributed by atoms with Crippen molar-refractivity contribution < 1.29 is 14.3 Å². The van der Waals surface area contributed by atoms with Gasteiger partial charge in [-0.2, -0.15) is 0 Å². The van der Waals surface area contributed by atoms with E-state index < -0.39 is 0 Å². The van der Waals surface area contributed by atoms with E-state index in [4.69, 9.17) is 21.1 Å². The smallest absolute Gasteiger partial charge is 0.246 e. The normalized spacial score (nSPS) is 10.7. The second-order valence-electron chi connectivity index (χ2n) is 4.15. The monoisotopic (exact) mass is 297 g/mol. The average Bonchev–Trinajstić information content (AvgIpc) is 2.44. The summed E-state index contributed by atoms with van der Waals surface area (Å²) in [4.78, 5) is 13.3. The van der Waals surface area contributed by atoms with Gasteiger partial charge in [-0.05, 0) is 37.6 Å². The molecule has 0 N–H and O–H groups in total. The minimum absolute atomic E-state index is 0.0580. The molecule has 1 rings (SSSR count). The van der Waals surface area contributed by atoms with Crippen molar-refractivity contribution in [3.8, 4) is 11.5 Å². The molecule has 0 bridgehead atoms. The van der Waals surface area contributed by atoms with E-state index in [0.717, 1.165) is 5.56 Å². The highest BCUT2D eigenvalue weighted by Gasteiger charge is 2.10. The number of carbonyl (C=O) groups excluding carboxylic acids is 1. The lowest BCUT2D eigenvalue weighted by Gasteiger charge is -2.12. The van der Waals surface area contributed by atoms with Crippen LogP contribution in [0.4, 0.5) is 0 Å². The van der Waals surface area contributed by atoms with E-state index in [1.54, 1.807) is 37.3 Å². The van der Waals surface area contributed by atoms with Crippen molar-refractivity contribution in [1.29, 1.82) is 0 Å². The maximum absolute atomic E-state index is 11.7. The van der Waals surface area contributed by atoms with Gasteiger partial charge >= 0.3 is 0 Å². The molecule has 0 heterocycles. The molecular weight excluding hydrogens is 278 g/mol. The van der Waals surface area contributed by atoms with Crippen LogP contribution >= 0.6 is 11.6 Å². The molecule has 0 saturated carbocycles. The Labute approximate surface area is 124 Å². The molecule has 0 atom stereocenters. The Morgan fingerprint density at radius 3 is 2.65 bits per heavy atom. The van der Waals surface area contributed by atoms with Crippen molar-refractivity contribution in [2.24, 2.45) is 0 Å². The third-order valence-electron chi connectivity index (χ3n) is 2.80. The first-order valence-electron chi connectivity index (χ1n) is 6.46. The summed E-state index contributed by atoms with van der Waals surface area (Å²) in [7, 11) is 3.29. The van der Waals surface area contributed by atoms with E-state index >= 15 is 0 Å². The summed E-state index contributed by atoms with van der Waals surface area (Å²) in [6, 6.07) is 3.53. The molecule has 1 aromatic rings. The molecule has 20 heavy (non-hydrogen) atoms. The van der Waals surface area contributed by atoms with E-state index in [9.17, 15) is 4.79 Å². The molecule has 0 spiro atoms. The molecule has 0 radical (unpaired) electrons. The Kier molecular flexibility index (Phi) is 6.39. The quantitative estimate of drug-likeness (QED) is 0.757. The summed E-state index contributed by atoms with van der Waals surface area (Å²) in [6.45, 7) is 4.98. The number of rotatable bonds is 6. The van der Waals surface area contributed by atoms with E-state index in [1.165, 1.54) is 6.08 Å². The molecule has 0 aliphatic carbocycles. The van der Waals surface area contributed by atoms with E-state index in [1.807, 2.05) is 13.8 Å². The molecule has 5 heteroatoms. The molecule has 4 nitrogen and oxygen atoms in total. The summed E-state index contributed by atoms with van der Waals surface area (Å²) < 4.78 is 10.7. The number of hydrogen-bond acceptors (Lipinski definition) is 3. The fraction of sp³-hybridized carbons (Fsp3) is 0.400. The number of benzene rings is 1. The zero-order valence-corrected chi connectivity index (χ0v) is 13.0. The largest absolute Gasteiger partial charge is 0.491 e. The first-order chi connectivity index (χ1) is 9.53. The SMILES string of the molecule is CCOc1cc(/C=C/C(=O)N(C)CC)cc(Cl)c1OC. The van der Waals surface area contributed by atoms with Crippen molar-refractivity contribution in [3.05, 3.63) is 28.8 Å². The number of methoxy groups -OCH3 is 1. The van der Waals surface area contributed by atoms with Gasteiger partial charge in [-0.1, -0.05) is 11.6 Å². The van der Waals surface area contributed by atoms with E-state index in [0.29, 0.717) is 29.7 Å². The number of carbonyl (C=O) groups is 1. The molecule has 0 aliphatic heterocycles. The Morgan fingerprint density at radius 2 is 2.10 bits per heavy atom. The second-order valence-corrected chi connectivity index (χ2v) is 4.56. The zero-order chi connectivity index (χ0) is 15.1. The van der Waals surface area contributed by atoms with Gasteiger partial charge in [0.05, 0.1) is 18.7 Å². The first kappa shape index (κ1) is 16.4. The van der Waals surface area contributed by atoms with Gasteiger partial charge in [0.25, 0.3) is 0 Å². The summed E-state index contributed by atoms with van der Waals surface area (Å²) in [6.07, 6.45) is 3.22.